The Bertz CT molecular complexity index is 1150. The minimum absolute atomic E-state index is 0.0628. The van der Waals surface area contributed by atoms with Gasteiger partial charge in [-0.1, -0.05) is 6.07 Å². The Morgan fingerprint density at radius 3 is 2.86 bits per heavy atom. The van der Waals surface area contributed by atoms with Crippen LogP contribution in [0, 0.1) is 6.92 Å². The van der Waals surface area contributed by atoms with Crippen molar-refractivity contribution >= 4 is 33.0 Å². The van der Waals surface area contributed by atoms with Crippen molar-refractivity contribution in [2.75, 3.05) is 11.3 Å². The van der Waals surface area contributed by atoms with E-state index in [1.807, 2.05) is 4.90 Å². The van der Waals surface area contributed by atoms with Gasteiger partial charge >= 0.3 is 0 Å². The Morgan fingerprint density at radius 1 is 1.29 bits per heavy atom. The molecule has 1 aliphatic heterocycles. The molecule has 146 valence electrons. The molecule has 0 bridgehead atoms. The highest BCUT2D eigenvalue weighted by Gasteiger charge is 2.25. The van der Waals surface area contributed by atoms with E-state index in [-0.39, 0.29) is 10.9 Å². The lowest BCUT2D eigenvalue weighted by molar-refractivity contribution is 0.0735. The normalized spacial score (nSPS) is 14.0. The van der Waals surface area contributed by atoms with Gasteiger partial charge in [-0.2, -0.15) is 8.42 Å². The van der Waals surface area contributed by atoms with Crippen molar-refractivity contribution < 1.29 is 13.2 Å². The number of carbonyl (C=O) groups excluding carboxylic acids is 1. The number of fused-ring (bicyclic) bond motifs is 1. The number of nitrogens with zero attached hydrogens (tertiary/aromatic N) is 3. The summed E-state index contributed by atoms with van der Waals surface area (Å²) in [6.07, 6.45) is 3.71. The predicted octanol–water partition coefficient (Wildman–Crippen LogP) is 2.79. The van der Waals surface area contributed by atoms with Gasteiger partial charge in [0.2, 0.25) is 0 Å². The molecule has 0 saturated carbocycles. The van der Waals surface area contributed by atoms with Crippen LogP contribution in [-0.2, 0) is 30.0 Å². The average molecular weight is 417 g/mol. The maximum Gasteiger partial charge on any atom is 0.280 e. The molecule has 1 N–H and O–H groups in total. The molecular weight excluding hydrogens is 396 g/mol. The highest BCUT2D eigenvalue weighted by Crippen LogP contribution is 2.27. The number of hydrogen-bond acceptors (Lipinski definition) is 5. The summed E-state index contributed by atoms with van der Waals surface area (Å²) in [5.74, 6) is -0.0896. The Kier molecular flexibility index (Phi) is 4.72. The van der Waals surface area contributed by atoms with E-state index in [9.17, 15) is 13.2 Å². The van der Waals surface area contributed by atoms with Crippen LogP contribution < -0.4 is 4.72 Å². The van der Waals surface area contributed by atoms with Gasteiger partial charge in [0.1, 0.15) is 0 Å². The minimum atomic E-state index is -3.82. The number of rotatable bonds is 4. The molecule has 3 aromatic rings. The van der Waals surface area contributed by atoms with Crippen molar-refractivity contribution in [3.63, 3.8) is 0 Å². The average Bonchev–Trinajstić information content (AvgIpc) is 3.31. The van der Waals surface area contributed by atoms with E-state index in [0.29, 0.717) is 29.9 Å². The lowest BCUT2D eigenvalue weighted by atomic mass is 10.0. The minimum Gasteiger partial charge on any atom is -0.339 e. The first-order chi connectivity index (χ1) is 13.3. The molecule has 28 heavy (non-hydrogen) atoms. The van der Waals surface area contributed by atoms with E-state index in [1.165, 1.54) is 23.0 Å². The van der Waals surface area contributed by atoms with Crippen LogP contribution in [0.5, 0.6) is 0 Å². The fourth-order valence-corrected chi connectivity index (χ4v) is 5.29. The van der Waals surface area contributed by atoms with Crippen LogP contribution in [0.2, 0.25) is 0 Å². The quantitative estimate of drug-likeness (QED) is 0.709. The summed E-state index contributed by atoms with van der Waals surface area (Å²) in [6, 6.07) is 7.14. The third-order valence-corrected chi connectivity index (χ3v) is 7.13. The van der Waals surface area contributed by atoms with E-state index in [4.69, 9.17) is 0 Å². The van der Waals surface area contributed by atoms with Gasteiger partial charge in [-0.3, -0.25) is 9.52 Å². The molecule has 0 aliphatic carbocycles. The fourth-order valence-electron chi connectivity index (χ4n) is 3.29. The van der Waals surface area contributed by atoms with E-state index in [1.54, 1.807) is 48.1 Å². The summed E-state index contributed by atoms with van der Waals surface area (Å²) >= 11 is 1.72. The third-order valence-electron chi connectivity index (χ3n) is 4.86. The molecule has 1 aromatic carbocycles. The molecule has 1 aliphatic rings. The number of imidazole rings is 1. The molecule has 4 rings (SSSR count). The summed E-state index contributed by atoms with van der Waals surface area (Å²) in [5.41, 5.74) is 2.67. The number of amides is 1. The standard InChI is InChI=1S/C19H20N4O3S2/c1-13-15(19(24)23-8-6-17-14(10-23)7-9-27-17)4-3-5-16(13)21-28(25,26)18-11-22(2)12-20-18/h3-5,7,9,11-12,21H,6,8,10H2,1-2H3. The lowest BCUT2D eigenvalue weighted by Crippen LogP contribution is -2.35. The zero-order chi connectivity index (χ0) is 19.9. The number of anilines is 1. The number of aryl methyl sites for hydroxylation is 1. The third kappa shape index (κ3) is 3.43. The summed E-state index contributed by atoms with van der Waals surface area (Å²) < 4.78 is 29.3. The van der Waals surface area contributed by atoms with Crippen LogP contribution >= 0.6 is 11.3 Å². The Hall–Kier alpha value is -2.65. The predicted molar refractivity (Wildman–Crippen MR) is 108 cm³/mol. The van der Waals surface area contributed by atoms with Crippen molar-refractivity contribution in [3.8, 4) is 0 Å². The largest absolute Gasteiger partial charge is 0.339 e. The van der Waals surface area contributed by atoms with E-state index in [2.05, 4.69) is 21.2 Å². The van der Waals surface area contributed by atoms with Gasteiger partial charge in [0, 0.05) is 36.8 Å². The Balaban J connectivity index is 1.59. The molecule has 7 nitrogen and oxygen atoms in total. The molecule has 0 radical (unpaired) electrons. The second-order valence-electron chi connectivity index (χ2n) is 6.81. The molecule has 1 amide bonds. The summed E-state index contributed by atoms with van der Waals surface area (Å²) in [7, 11) is -2.12. The second kappa shape index (κ2) is 7.06. The Labute approximate surface area is 167 Å². The van der Waals surface area contributed by atoms with Crippen LogP contribution in [0.3, 0.4) is 0 Å². The van der Waals surface area contributed by atoms with Gasteiger partial charge in [0.25, 0.3) is 15.9 Å². The smallest absolute Gasteiger partial charge is 0.280 e. The van der Waals surface area contributed by atoms with Gasteiger partial charge in [-0.05, 0) is 48.1 Å². The van der Waals surface area contributed by atoms with Gasteiger partial charge in [0.05, 0.1) is 12.0 Å². The molecule has 2 aromatic heterocycles. The summed E-state index contributed by atoms with van der Waals surface area (Å²) in [5, 5.41) is 1.99. The lowest BCUT2D eigenvalue weighted by Gasteiger charge is -2.28. The molecule has 0 fully saturated rings. The SMILES string of the molecule is Cc1c(NS(=O)(=O)c2cn(C)cn2)cccc1C(=O)N1CCc2sccc2C1. The van der Waals surface area contributed by atoms with Crippen molar-refractivity contribution in [1.29, 1.82) is 0 Å². The number of thiophene rings is 1. The van der Waals surface area contributed by atoms with Gasteiger partial charge < -0.3 is 9.47 Å². The number of aromatic nitrogens is 2. The van der Waals surface area contributed by atoms with Crippen molar-refractivity contribution in [1.82, 2.24) is 14.5 Å². The van der Waals surface area contributed by atoms with Crippen LogP contribution in [0.15, 0.2) is 47.2 Å². The molecule has 9 heteroatoms. The second-order valence-corrected chi connectivity index (χ2v) is 9.44. The number of sulfonamides is 1. The number of nitrogens with one attached hydrogen (secondary N) is 1. The van der Waals surface area contributed by atoms with Crippen molar-refractivity contribution in [2.24, 2.45) is 7.05 Å². The van der Waals surface area contributed by atoms with Crippen molar-refractivity contribution in [3.05, 3.63) is 63.7 Å². The number of carbonyl (C=O) groups is 1. The highest BCUT2D eigenvalue weighted by atomic mass is 32.2. The van der Waals surface area contributed by atoms with Crippen molar-refractivity contribution in [2.45, 2.75) is 24.9 Å². The van der Waals surface area contributed by atoms with Crippen LogP contribution in [0.4, 0.5) is 5.69 Å². The monoisotopic (exact) mass is 416 g/mol. The first-order valence-electron chi connectivity index (χ1n) is 8.80. The molecule has 0 saturated heterocycles. The molecular formula is C19H20N4O3S2. The van der Waals surface area contributed by atoms with Gasteiger partial charge in [-0.25, -0.2) is 4.98 Å². The zero-order valence-corrected chi connectivity index (χ0v) is 17.2. The first kappa shape index (κ1) is 18.7. The van der Waals surface area contributed by atoms with E-state index in [0.717, 1.165) is 6.42 Å². The van der Waals surface area contributed by atoms with Crippen LogP contribution in [-0.4, -0.2) is 35.3 Å². The van der Waals surface area contributed by atoms with Crippen LogP contribution in [0.1, 0.15) is 26.4 Å². The maximum atomic E-state index is 13.1. The fraction of sp³-hybridized carbons (Fsp3) is 0.263. The Morgan fingerprint density at radius 2 is 2.11 bits per heavy atom. The number of hydrogen-bond donors (Lipinski definition) is 1. The van der Waals surface area contributed by atoms with Gasteiger partial charge in [0.15, 0.2) is 5.03 Å². The summed E-state index contributed by atoms with van der Waals surface area (Å²) in [6.45, 7) is 3.00. The molecule has 0 spiro atoms. The number of benzene rings is 1. The first-order valence-corrected chi connectivity index (χ1v) is 11.2. The topological polar surface area (TPSA) is 84.3 Å². The molecule has 0 unspecified atom stereocenters. The van der Waals surface area contributed by atoms with E-state index >= 15 is 0 Å². The van der Waals surface area contributed by atoms with Gasteiger partial charge in [-0.15, -0.1) is 11.3 Å². The highest BCUT2D eigenvalue weighted by molar-refractivity contribution is 7.92. The summed E-state index contributed by atoms with van der Waals surface area (Å²) in [4.78, 5) is 20.1. The maximum absolute atomic E-state index is 13.1. The molecule has 3 heterocycles. The van der Waals surface area contributed by atoms with E-state index < -0.39 is 10.0 Å². The molecule has 0 atom stereocenters. The van der Waals surface area contributed by atoms with Crippen LogP contribution in [0.25, 0.3) is 0 Å². The zero-order valence-electron chi connectivity index (χ0n) is 15.5.